The van der Waals surface area contributed by atoms with Crippen molar-refractivity contribution in [2.24, 2.45) is 11.8 Å². The number of rotatable bonds is 6. The number of hydrogen-bond acceptors (Lipinski definition) is 4. The van der Waals surface area contributed by atoms with E-state index in [1.807, 2.05) is 19.1 Å². The van der Waals surface area contributed by atoms with Gasteiger partial charge in [-0.1, -0.05) is 30.7 Å². The van der Waals surface area contributed by atoms with Gasteiger partial charge in [-0.2, -0.15) is 0 Å². The monoisotopic (exact) mass is 451 g/mol. The summed E-state index contributed by atoms with van der Waals surface area (Å²) >= 11 is 6.06. The van der Waals surface area contributed by atoms with Gasteiger partial charge in [-0.05, 0) is 50.6 Å². The summed E-state index contributed by atoms with van der Waals surface area (Å²) in [5.41, 5.74) is 0.989. The second-order valence-corrected chi connectivity index (χ2v) is 8.53. The van der Waals surface area contributed by atoms with Crippen LogP contribution in [0.2, 0.25) is 5.02 Å². The average Bonchev–Trinajstić information content (AvgIpc) is 2.54. The molecule has 2 aliphatic heterocycles. The van der Waals surface area contributed by atoms with Crippen LogP contribution in [0.15, 0.2) is 24.3 Å². The number of amides is 1. The van der Waals surface area contributed by atoms with Crippen molar-refractivity contribution in [2.75, 3.05) is 39.3 Å². The molecule has 0 aromatic heterocycles. The number of benzene rings is 1. The van der Waals surface area contributed by atoms with Gasteiger partial charge in [-0.15, -0.1) is 24.8 Å². The van der Waals surface area contributed by atoms with Crippen LogP contribution in [0.4, 0.5) is 0 Å². The number of hydrogen-bond donors (Lipinski definition) is 2. The Kier molecular flexibility index (Phi) is 10.0. The molecule has 1 aromatic carbocycles. The van der Waals surface area contributed by atoms with Crippen LogP contribution in [-0.2, 0) is 9.53 Å². The van der Waals surface area contributed by atoms with Gasteiger partial charge in [0.1, 0.15) is 0 Å². The Bertz CT molecular complexity index is 624. The molecule has 0 aliphatic carbocycles. The van der Waals surface area contributed by atoms with E-state index in [0.29, 0.717) is 19.1 Å². The number of morpholine rings is 1. The number of ether oxygens (including phenoxy) is 1. The van der Waals surface area contributed by atoms with Crippen LogP contribution >= 0.6 is 36.4 Å². The van der Waals surface area contributed by atoms with Gasteiger partial charge >= 0.3 is 0 Å². The highest BCUT2D eigenvalue weighted by atomic mass is 35.5. The number of nitrogens with one attached hydrogen (secondary N) is 2. The molecule has 2 atom stereocenters. The molecule has 2 saturated heterocycles. The summed E-state index contributed by atoms with van der Waals surface area (Å²) in [5, 5.41) is 7.15. The van der Waals surface area contributed by atoms with Crippen LogP contribution in [0.5, 0.6) is 0 Å². The molecule has 1 amide bonds. The molecule has 2 aliphatic rings. The third kappa shape index (κ3) is 6.48. The minimum absolute atomic E-state index is 0. The average molecular weight is 453 g/mol. The molecule has 0 bridgehead atoms. The van der Waals surface area contributed by atoms with E-state index in [1.165, 1.54) is 5.56 Å². The molecule has 0 saturated carbocycles. The minimum Gasteiger partial charge on any atom is -0.373 e. The Morgan fingerprint density at radius 2 is 1.96 bits per heavy atom. The maximum absolute atomic E-state index is 12.6. The zero-order valence-corrected chi connectivity index (χ0v) is 19.1. The van der Waals surface area contributed by atoms with Gasteiger partial charge < -0.3 is 15.4 Å². The third-order valence-electron chi connectivity index (χ3n) is 5.55. The molecule has 2 fully saturated rings. The molecule has 160 valence electrons. The Balaban J connectivity index is 0.00000196. The number of carbonyl (C=O) groups is 1. The second kappa shape index (κ2) is 11.0. The van der Waals surface area contributed by atoms with E-state index < -0.39 is 0 Å². The maximum atomic E-state index is 12.6. The lowest BCUT2D eigenvalue weighted by Crippen LogP contribution is -2.53. The summed E-state index contributed by atoms with van der Waals surface area (Å²) in [7, 11) is 0. The van der Waals surface area contributed by atoms with Gasteiger partial charge in [0.15, 0.2) is 0 Å². The van der Waals surface area contributed by atoms with Crippen LogP contribution in [-0.4, -0.2) is 55.7 Å². The van der Waals surface area contributed by atoms with Crippen LogP contribution < -0.4 is 10.6 Å². The zero-order chi connectivity index (χ0) is 18.7. The first-order chi connectivity index (χ1) is 12.4. The topological polar surface area (TPSA) is 53.6 Å². The zero-order valence-electron chi connectivity index (χ0n) is 16.7. The van der Waals surface area contributed by atoms with Crippen molar-refractivity contribution in [3.05, 3.63) is 34.9 Å². The molecule has 28 heavy (non-hydrogen) atoms. The summed E-state index contributed by atoms with van der Waals surface area (Å²) in [4.78, 5) is 15.0. The van der Waals surface area contributed by atoms with E-state index in [0.717, 1.165) is 31.2 Å². The maximum Gasteiger partial charge on any atom is 0.223 e. The Labute approximate surface area is 185 Å². The first kappa shape index (κ1) is 25.5. The van der Waals surface area contributed by atoms with Crippen molar-refractivity contribution in [1.82, 2.24) is 15.5 Å². The summed E-state index contributed by atoms with van der Waals surface area (Å²) < 4.78 is 5.86. The largest absolute Gasteiger partial charge is 0.373 e. The Morgan fingerprint density at radius 1 is 1.32 bits per heavy atom. The normalized spacial score (nSPS) is 21.4. The highest BCUT2D eigenvalue weighted by molar-refractivity contribution is 6.30. The summed E-state index contributed by atoms with van der Waals surface area (Å²) in [6, 6.07) is 8.06. The SMILES string of the molecule is CC(C(=O)NCC(c1ccc(Cl)cc1)N1CCOC(C)(C)C1)C1CNC1.Cl.Cl. The third-order valence-corrected chi connectivity index (χ3v) is 5.81. The van der Waals surface area contributed by atoms with Gasteiger partial charge in [0.2, 0.25) is 5.91 Å². The molecule has 2 unspecified atom stereocenters. The Morgan fingerprint density at radius 3 is 2.50 bits per heavy atom. The smallest absolute Gasteiger partial charge is 0.223 e. The molecule has 0 radical (unpaired) electrons. The lowest BCUT2D eigenvalue weighted by molar-refractivity contribution is -0.127. The number of halogens is 3. The fraction of sp³-hybridized carbons (Fsp3) is 0.650. The number of nitrogens with zero attached hydrogens (tertiary/aromatic N) is 1. The molecule has 1 aromatic rings. The van der Waals surface area contributed by atoms with E-state index in [2.05, 4.69) is 41.5 Å². The van der Waals surface area contributed by atoms with Crippen molar-refractivity contribution in [3.63, 3.8) is 0 Å². The summed E-state index contributed by atoms with van der Waals surface area (Å²) in [6.45, 7) is 11.1. The van der Waals surface area contributed by atoms with Gasteiger partial charge in [0.25, 0.3) is 0 Å². The van der Waals surface area contributed by atoms with Gasteiger partial charge in [0.05, 0.1) is 18.2 Å². The van der Waals surface area contributed by atoms with Crippen molar-refractivity contribution in [2.45, 2.75) is 32.4 Å². The van der Waals surface area contributed by atoms with E-state index in [1.54, 1.807) is 0 Å². The molecule has 2 N–H and O–H groups in total. The lowest BCUT2D eigenvalue weighted by Gasteiger charge is -2.42. The van der Waals surface area contributed by atoms with Gasteiger partial charge in [0, 0.05) is 30.6 Å². The van der Waals surface area contributed by atoms with E-state index >= 15 is 0 Å². The van der Waals surface area contributed by atoms with E-state index in [9.17, 15) is 4.79 Å². The molecule has 8 heteroatoms. The molecule has 3 rings (SSSR count). The Hall–Kier alpha value is -0.560. The predicted molar refractivity (Wildman–Crippen MR) is 119 cm³/mol. The standard InChI is InChI=1S/C20H30ClN3O2.2ClH/c1-14(16-10-22-11-16)19(25)23-12-18(15-4-6-17(21)7-5-15)24-8-9-26-20(2,3)13-24;;/h4-7,14,16,18,22H,8-13H2,1-3H3,(H,23,25);2*1H. The van der Waals surface area contributed by atoms with Crippen LogP contribution in [0.25, 0.3) is 0 Å². The molecular weight excluding hydrogens is 421 g/mol. The molecule has 0 spiro atoms. The van der Waals surface area contributed by atoms with Crippen LogP contribution in [0, 0.1) is 11.8 Å². The molecular formula is C20H32Cl3N3O2. The fourth-order valence-corrected chi connectivity index (χ4v) is 3.82. The van der Waals surface area contributed by atoms with E-state index in [-0.39, 0.29) is 48.3 Å². The number of carbonyl (C=O) groups excluding carboxylic acids is 1. The molecule has 2 heterocycles. The van der Waals surface area contributed by atoms with Crippen molar-refractivity contribution >= 4 is 42.3 Å². The fourth-order valence-electron chi connectivity index (χ4n) is 3.70. The first-order valence-electron chi connectivity index (χ1n) is 9.47. The van der Waals surface area contributed by atoms with Crippen LogP contribution in [0.3, 0.4) is 0 Å². The highest BCUT2D eigenvalue weighted by Crippen LogP contribution is 2.27. The van der Waals surface area contributed by atoms with Crippen molar-refractivity contribution in [3.8, 4) is 0 Å². The quantitative estimate of drug-likeness (QED) is 0.695. The van der Waals surface area contributed by atoms with Crippen molar-refractivity contribution < 1.29 is 9.53 Å². The summed E-state index contributed by atoms with van der Waals surface area (Å²) in [5.74, 6) is 0.637. The minimum atomic E-state index is -0.183. The van der Waals surface area contributed by atoms with Gasteiger partial charge in [-0.25, -0.2) is 0 Å². The highest BCUT2D eigenvalue weighted by Gasteiger charge is 2.33. The van der Waals surface area contributed by atoms with E-state index in [4.69, 9.17) is 16.3 Å². The first-order valence-corrected chi connectivity index (χ1v) is 9.85. The molecule has 5 nitrogen and oxygen atoms in total. The lowest BCUT2D eigenvalue weighted by atomic mass is 9.88. The summed E-state index contributed by atoms with van der Waals surface area (Å²) in [6.07, 6.45) is 0. The van der Waals surface area contributed by atoms with Gasteiger partial charge in [-0.3, -0.25) is 9.69 Å². The van der Waals surface area contributed by atoms with Crippen LogP contribution in [0.1, 0.15) is 32.4 Å². The van der Waals surface area contributed by atoms with Crippen molar-refractivity contribution in [1.29, 1.82) is 0 Å². The predicted octanol–water partition coefficient (Wildman–Crippen LogP) is 3.31. The second-order valence-electron chi connectivity index (χ2n) is 8.10.